The Morgan fingerprint density at radius 2 is 2.09 bits per heavy atom. The predicted molar refractivity (Wildman–Crippen MR) is 84.5 cm³/mol. The fourth-order valence-electron chi connectivity index (χ4n) is 3.40. The first-order chi connectivity index (χ1) is 10.5. The van der Waals surface area contributed by atoms with Gasteiger partial charge in [-0.05, 0) is 37.7 Å². The summed E-state index contributed by atoms with van der Waals surface area (Å²) in [5.41, 5.74) is 1.04. The molecule has 2 fully saturated rings. The fraction of sp³-hybridized carbons (Fsp3) is 0.765. The molecule has 0 bridgehead atoms. The Labute approximate surface area is 132 Å². The molecule has 1 amide bonds. The van der Waals surface area contributed by atoms with Crippen LogP contribution in [0.25, 0.3) is 0 Å². The number of likely N-dealkylation sites (tertiary alicyclic amines) is 1. The summed E-state index contributed by atoms with van der Waals surface area (Å²) in [6.07, 6.45) is 7.24. The molecule has 3 rings (SSSR count). The molecule has 2 saturated heterocycles. The molecule has 0 radical (unpaired) electrons. The molecule has 3 heterocycles. The lowest BCUT2D eigenvalue weighted by Crippen LogP contribution is -2.55. The first-order valence-corrected chi connectivity index (χ1v) is 8.38. The lowest BCUT2D eigenvalue weighted by molar-refractivity contribution is -0.170. The van der Waals surface area contributed by atoms with Crippen molar-refractivity contribution >= 4 is 5.91 Å². The molecule has 122 valence electrons. The Morgan fingerprint density at radius 3 is 2.64 bits per heavy atom. The SMILES string of the molecule is CC(C)Cc1cnn(C2CCN(C(=O)C3(C)COC3)CC2)c1. The van der Waals surface area contributed by atoms with Crippen molar-refractivity contribution < 1.29 is 9.53 Å². The minimum absolute atomic E-state index is 0.262. The van der Waals surface area contributed by atoms with E-state index in [-0.39, 0.29) is 11.3 Å². The van der Waals surface area contributed by atoms with Crippen molar-refractivity contribution in [2.45, 2.75) is 46.1 Å². The molecule has 5 nitrogen and oxygen atoms in total. The number of rotatable bonds is 4. The summed E-state index contributed by atoms with van der Waals surface area (Å²) >= 11 is 0. The third-order valence-electron chi connectivity index (χ3n) is 4.78. The molecule has 0 aromatic carbocycles. The van der Waals surface area contributed by atoms with Crippen molar-refractivity contribution in [1.82, 2.24) is 14.7 Å². The molecule has 0 spiro atoms. The minimum atomic E-state index is -0.275. The van der Waals surface area contributed by atoms with E-state index in [0.29, 0.717) is 25.2 Å². The highest BCUT2D eigenvalue weighted by molar-refractivity contribution is 5.83. The van der Waals surface area contributed by atoms with Gasteiger partial charge in [-0.15, -0.1) is 0 Å². The topological polar surface area (TPSA) is 47.4 Å². The van der Waals surface area contributed by atoms with Gasteiger partial charge in [0.1, 0.15) is 0 Å². The van der Waals surface area contributed by atoms with Gasteiger partial charge >= 0.3 is 0 Å². The second kappa shape index (κ2) is 6.03. The molecule has 0 N–H and O–H groups in total. The lowest BCUT2D eigenvalue weighted by Gasteiger charge is -2.42. The zero-order chi connectivity index (χ0) is 15.7. The lowest BCUT2D eigenvalue weighted by atomic mass is 9.86. The van der Waals surface area contributed by atoms with Gasteiger partial charge in [0.05, 0.1) is 30.9 Å². The zero-order valence-corrected chi connectivity index (χ0v) is 13.9. The van der Waals surface area contributed by atoms with Crippen LogP contribution in [0.4, 0.5) is 0 Å². The minimum Gasteiger partial charge on any atom is -0.379 e. The second-order valence-electron chi connectivity index (χ2n) is 7.50. The maximum atomic E-state index is 12.5. The van der Waals surface area contributed by atoms with Crippen LogP contribution in [0.5, 0.6) is 0 Å². The number of amides is 1. The van der Waals surface area contributed by atoms with Crippen molar-refractivity contribution in [3.63, 3.8) is 0 Å². The van der Waals surface area contributed by atoms with Gasteiger partial charge < -0.3 is 9.64 Å². The summed E-state index contributed by atoms with van der Waals surface area (Å²) in [6.45, 7) is 9.28. The van der Waals surface area contributed by atoms with E-state index in [4.69, 9.17) is 4.74 Å². The molecular formula is C17H27N3O2. The Hall–Kier alpha value is -1.36. The van der Waals surface area contributed by atoms with Gasteiger partial charge in [-0.3, -0.25) is 9.48 Å². The van der Waals surface area contributed by atoms with E-state index < -0.39 is 0 Å². The number of hydrogen-bond acceptors (Lipinski definition) is 3. The Bertz CT molecular complexity index is 526. The van der Waals surface area contributed by atoms with Crippen molar-refractivity contribution in [2.75, 3.05) is 26.3 Å². The largest absolute Gasteiger partial charge is 0.379 e. The van der Waals surface area contributed by atoms with Gasteiger partial charge in [0.15, 0.2) is 0 Å². The Morgan fingerprint density at radius 1 is 1.41 bits per heavy atom. The number of hydrogen-bond donors (Lipinski definition) is 0. The van der Waals surface area contributed by atoms with Gasteiger partial charge in [-0.25, -0.2) is 0 Å². The summed E-state index contributed by atoms with van der Waals surface area (Å²) < 4.78 is 7.32. The van der Waals surface area contributed by atoms with Gasteiger partial charge in [0.2, 0.25) is 5.91 Å². The molecule has 0 atom stereocenters. The highest BCUT2D eigenvalue weighted by Gasteiger charge is 2.44. The second-order valence-corrected chi connectivity index (χ2v) is 7.50. The molecule has 0 saturated carbocycles. The monoisotopic (exact) mass is 305 g/mol. The molecule has 2 aliphatic heterocycles. The first kappa shape index (κ1) is 15.5. The third kappa shape index (κ3) is 3.05. The molecule has 2 aliphatic rings. The van der Waals surface area contributed by atoms with E-state index >= 15 is 0 Å². The molecule has 22 heavy (non-hydrogen) atoms. The summed E-state index contributed by atoms with van der Waals surface area (Å²) in [6, 6.07) is 0.426. The summed E-state index contributed by atoms with van der Waals surface area (Å²) in [7, 11) is 0. The average molecular weight is 305 g/mol. The predicted octanol–water partition coefficient (Wildman–Crippen LogP) is 2.28. The van der Waals surface area contributed by atoms with Crippen molar-refractivity contribution in [3.8, 4) is 0 Å². The standard InChI is InChI=1S/C17H27N3O2/c1-13(2)8-14-9-18-20(10-14)15-4-6-19(7-5-15)16(21)17(3)11-22-12-17/h9-10,13,15H,4-8,11-12H2,1-3H3. The van der Waals surface area contributed by atoms with E-state index in [0.717, 1.165) is 32.4 Å². The quantitative estimate of drug-likeness (QED) is 0.857. The smallest absolute Gasteiger partial charge is 0.233 e. The van der Waals surface area contributed by atoms with E-state index in [1.165, 1.54) is 5.56 Å². The highest BCUT2D eigenvalue weighted by atomic mass is 16.5. The van der Waals surface area contributed by atoms with E-state index in [2.05, 4.69) is 29.8 Å². The average Bonchev–Trinajstić information content (AvgIpc) is 2.92. The van der Waals surface area contributed by atoms with Crippen LogP contribution in [0.15, 0.2) is 12.4 Å². The van der Waals surface area contributed by atoms with Crippen LogP contribution in [0.3, 0.4) is 0 Å². The zero-order valence-electron chi connectivity index (χ0n) is 13.9. The van der Waals surface area contributed by atoms with Crippen LogP contribution in [0.1, 0.15) is 45.2 Å². The van der Waals surface area contributed by atoms with E-state index in [9.17, 15) is 4.79 Å². The Kier molecular flexibility index (Phi) is 4.26. The van der Waals surface area contributed by atoms with Crippen LogP contribution < -0.4 is 0 Å². The molecular weight excluding hydrogens is 278 g/mol. The number of carbonyl (C=O) groups is 1. The van der Waals surface area contributed by atoms with Crippen molar-refractivity contribution in [2.24, 2.45) is 11.3 Å². The number of carbonyl (C=O) groups excluding carboxylic acids is 1. The molecule has 1 aromatic rings. The van der Waals surface area contributed by atoms with E-state index in [1.54, 1.807) is 0 Å². The number of piperidine rings is 1. The molecule has 5 heteroatoms. The first-order valence-electron chi connectivity index (χ1n) is 8.38. The van der Waals surface area contributed by atoms with Crippen molar-refractivity contribution in [3.05, 3.63) is 18.0 Å². The molecule has 0 unspecified atom stereocenters. The summed E-state index contributed by atoms with van der Waals surface area (Å²) in [4.78, 5) is 14.5. The van der Waals surface area contributed by atoms with Crippen LogP contribution >= 0.6 is 0 Å². The third-order valence-corrected chi connectivity index (χ3v) is 4.78. The van der Waals surface area contributed by atoms with Crippen LogP contribution in [-0.4, -0.2) is 46.9 Å². The normalized spacial score (nSPS) is 21.9. The van der Waals surface area contributed by atoms with Gasteiger partial charge in [-0.1, -0.05) is 13.8 Å². The van der Waals surface area contributed by atoms with Gasteiger partial charge in [0, 0.05) is 19.3 Å². The fourth-order valence-corrected chi connectivity index (χ4v) is 3.40. The number of nitrogens with zero attached hydrogens (tertiary/aromatic N) is 3. The van der Waals surface area contributed by atoms with Crippen LogP contribution in [-0.2, 0) is 16.0 Å². The highest BCUT2D eigenvalue weighted by Crippen LogP contribution is 2.31. The van der Waals surface area contributed by atoms with Gasteiger partial charge in [0.25, 0.3) is 0 Å². The summed E-state index contributed by atoms with van der Waals surface area (Å²) in [5.74, 6) is 0.917. The van der Waals surface area contributed by atoms with Crippen molar-refractivity contribution in [1.29, 1.82) is 0 Å². The maximum absolute atomic E-state index is 12.5. The Balaban J connectivity index is 1.55. The van der Waals surface area contributed by atoms with Crippen LogP contribution in [0, 0.1) is 11.3 Å². The van der Waals surface area contributed by atoms with Crippen LogP contribution in [0.2, 0.25) is 0 Å². The maximum Gasteiger partial charge on any atom is 0.233 e. The van der Waals surface area contributed by atoms with Gasteiger partial charge in [-0.2, -0.15) is 5.10 Å². The number of ether oxygens (including phenoxy) is 1. The number of aromatic nitrogens is 2. The summed E-state index contributed by atoms with van der Waals surface area (Å²) in [5, 5.41) is 4.53. The molecule has 0 aliphatic carbocycles. The molecule has 1 aromatic heterocycles. The van der Waals surface area contributed by atoms with E-state index in [1.807, 2.05) is 18.0 Å².